The Balaban J connectivity index is 1.27. The molecule has 0 aliphatic carbocycles. The monoisotopic (exact) mass is 421 g/mol. The molecule has 28 heavy (non-hydrogen) atoms. The summed E-state index contributed by atoms with van der Waals surface area (Å²) >= 11 is 3.14. The summed E-state index contributed by atoms with van der Waals surface area (Å²) in [5, 5.41) is 11.5. The number of carbonyl (C=O) groups is 1. The second-order valence-electron chi connectivity index (χ2n) is 7.13. The van der Waals surface area contributed by atoms with Crippen LogP contribution in [0.3, 0.4) is 0 Å². The first-order valence-corrected chi connectivity index (χ1v) is 11.8. The molecule has 2 aliphatic rings. The largest absolute Gasteiger partial charge is 0.377 e. The summed E-state index contributed by atoms with van der Waals surface area (Å²) in [5.41, 5.74) is 0. The van der Waals surface area contributed by atoms with Crippen LogP contribution in [0.5, 0.6) is 0 Å². The van der Waals surface area contributed by atoms with Crippen LogP contribution < -0.4 is 0 Å². The van der Waals surface area contributed by atoms with Gasteiger partial charge in [0.1, 0.15) is 0 Å². The number of hydrogen-bond acceptors (Lipinski definition) is 7. The van der Waals surface area contributed by atoms with Crippen molar-refractivity contribution in [3.05, 3.63) is 17.5 Å². The molecule has 0 radical (unpaired) electrons. The van der Waals surface area contributed by atoms with Crippen molar-refractivity contribution < 1.29 is 9.53 Å². The maximum atomic E-state index is 12.7. The lowest BCUT2D eigenvalue weighted by molar-refractivity contribution is -0.130. The molecule has 0 saturated carbocycles. The second kappa shape index (κ2) is 9.39. The van der Waals surface area contributed by atoms with Gasteiger partial charge in [0.25, 0.3) is 0 Å². The van der Waals surface area contributed by atoms with E-state index in [-0.39, 0.29) is 5.91 Å². The van der Waals surface area contributed by atoms with Gasteiger partial charge in [-0.2, -0.15) is 0 Å². The first-order chi connectivity index (χ1) is 13.7. The van der Waals surface area contributed by atoms with E-state index in [1.807, 2.05) is 16.3 Å². The van der Waals surface area contributed by atoms with Crippen LogP contribution in [0.2, 0.25) is 0 Å². The molecule has 0 spiro atoms. The van der Waals surface area contributed by atoms with Crippen LogP contribution in [0.4, 0.5) is 0 Å². The standard InChI is InChI=1S/C19H27N5O2S2/c1-2-24-18(16-6-4-12-27-16)20-21-19(24)28-14-17(25)23-9-7-22(8-10-23)13-15-5-3-11-26-15/h4,6,12,15H,2-3,5,7-11,13-14H2,1H3/t15-/m0/s1. The van der Waals surface area contributed by atoms with E-state index in [1.165, 1.54) is 24.6 Å². The molecule has 9 heteroatoms. The first-order valence-electron chi connectivity index (χ1n) is 9.96. The molecular formula is C19H27N5O2S2. The highest BCUT2D eigenvalue weighted by Crippen LogP contribution is 2.27. The third-order valence-electron chi connectivity index (χ3n) is 5.31. The van der Waals surface area contributed by atoms with Crippen LogP contribution in [0.15, 0.2) is 22.7 Å². The van der Waals surface area contributed by atoms with E-state index in [1.54, 1.807) is 11.3 Å². The molecule has 0 bridgehead atoms. The topological polar surface area (TPSA) is 63.5 Å². The van der Waals surface area contributed by atoms with Crippen molar-refractivity contribution in [2.24, 2.45) is 0 Å². The molecule has 0 N–H and O–H groups in total. The van der Waals surface area contributed by atoms with Crippen molar-refractivity contribution in [1.29, 1.82) is 0 Å². The predicted molar refractivity (Wildman–Crippen MR) is 112 cm³/mol. The lowest BCUT2D eigenvalue weighted by Crippen LogP contribution is -2.50. The minimum atomic E-state index is 0.185. The summed E-state index contributed by atoms with van der Waals surface area (Å²) in [6.07, 6.45) is 2.73. The van der Waals surface area contributed by atoms with Crippen LogP contribution in [-0.4, -0.2) is 81.7 Å². The van der Waals surface area contributed by atoms with Crippen LogP contribution >= 0.6 is 23.1 Å². The van der Waals surface area contributed by atoms with Crippen LogP contribution in [0.1, 0.15) is 19.8 Å². The van der Waals surface area contributed by atoms with E-state index in [2.05, 4.69) is 32.7 Å². The summed E-state index contributed by atoms with van der Waals surface area (Å²) in [6, 6.07) is 4.07. The molecule has 2 aliphatic heterocycles. The van der Waals surface area contributed by atoms with Gasteiger partial charge in [0.05, 0.1) is 16.7 Å². The van der Waals surface area contributed by atoms with Gasteiger partial charge in [-0.1, -0.05) is 17.8 Å². The highest BCUT2D eigenvalue weighted by atomic mass is 32.2. The van der Waals surface area contributed by atoms with E-state index < -0.39 is 0 Å². The van der Waals surface area contributed by atoms with Crippen LogP contribution in [-0.2, 0) is 16.1 Å². The number of amides is 1. The van der Waals surface area contributed by atoms with E-state index in [9.17, 15) is 4.79 Å². The molecule has 1 amide bonds. The summed E-state index contributed by atoms with van der Waals surface area (Å²) in [7, 11) is 0. The van der Waals surface area contributed by atoms with E-state index >= 15 is 0 Å². The summed E-state index contributed by atoms with van der Waals surface area (Å²) in [4.78, 5) is 18.2. The highest BCUT2D eigenvalue weighted by molar-refractivity contribution is 7.99. The zero-order valence-electron chi connectivity index (χ0n) is 16.2. The average molecular weight is 422 g/mol. The SMILES string of the molecule is CCn1c(SCC(=O)N2CCN(C[C@@H]3CCCO3)CC2)nnc1-c1cccs1. The minimum absolute atomic E-state index is 0.185. The molecular weight excluding hydrogens is 394 g/mol. The van der Waals surface area contributed by atoms with Gasteiger partial charge < -0.3 is 14.2 Å². The molecule has 152 valence electrons. The Hall–Kier alpha value is -1.42. The fourth-order valence-electron chi connectivity index (χ4n) is 3.74. The molecule has 2 aromatic rings. The molecule has 1 atom stereocenters. The molecule has 4 heterocycles. The smallest absolute Gasteiger partial charge is 0.233 e. The summed E-state index contributed by atoms with van der Waals surface area (Å²) < 4.78 is 7.81. The second-order valence-corrected chi connectivity index (χ2v) is 9.02. The van der Waals surface area contributed by atoms with Gasteiger partial charge in [0.15, 0.2) is 11.0 Å². The Kier molecular flexibility index (Phi) is 6.66. The molecule has 2 fully saturated rings. The van der Waals surface area contributed by atoms with E-state index in [0.29, 0.717) is 11.9 Å². The van der Waals surface area contributed by atoms with Crippen molar-refractivity contribution in [1.82, 2.24) is 24.6 Å². The normalized spacial score (nSPS) is 20.8. The summed E-state index contributed by atoms with van der Waals surface area (Å²) in [6.45, 7) is 8.24. The quantitative estimate of drug-likeness (QED) is 0.640. The van der Waals surface area contributed by atoms with Crippen molar-refractivity contribution >= 4 is 29.0 Å². The Bertz CT molecular complexity index is 765. The average Bonchev–Trinajstić information content (AvgIpc) is 3.47. The third-order valence-corrected chi connectivity index (χ3v) is 7.13. The molecule has 4 rings (SSSR count). The highest BCUT2D eigenvalue weighted by Gasteiger charge is 2.25. The van der Waals surface area contributed by atoms with Gasteiger partial charge in [-0.15, -0.1) is 21.5 Å². The number of hydrogen-bond donors (Lipinski definition) is 0. The Labute approximate surface area is 174 Å². The van der Waals surface area contributed by atoms with Gasteiger partial charge in [-0.05, 0) is 31.2 Å². The fourth-order valence-corrected chi connectivity index (χ4v) is 5.36. The number of piperazine rings is 1. The molecule has 7 nitrogen and oxygen atoms in total. The predicted octanol–water partition coefficient (Wildman–Crippen LogP) is 2.44. The Morgan fingerprint density at radius 2 is 2.18 bits per heavy atom. The molecule has 2 aromatic heterocycles. The van der Waals surface area contributed by atoms with Gasteiger partial charge in [-0.3, -0.25) is 9.69 Å². The Morgan fingerprint density at radius 1 is 1.32 bits per heavy atom. The van der Waals surface area contributed by atoms with Gasteiger partial charge >= 0.3 is 0 Å². The van der Waals surface area contributed by atoms with Crippen LogP contribution in [0.25, 0.3) is 10.7 Å². The molecule has 0 aromatic carbocycles. The van der Waals surface area contributed by atoms with Crippen molar-refractivity contribution in [3.63, 3.8) is 0 Å². The lowest BCUT2D eigenvalue weighted by atomic mass is 10.2. The Morgan fingerprint density at radius 3 is 2.86 bits per heavy atom. The van der Waals surface area contributed by atoms with Gasteiger partial charge in [0.2, 0.25) is 5.91 Å². The maximum absolute atomic E-state index is 12.7. The van der Waals surface area contributed by atoms with Crippen molar-refractivity contribution in [2.45, 2.75) is 37.6 Å². The van der Waals surface area contributed by atoms with Crippen LogP contribution in [0, 0.1) is 0 Å². The van der Waals surface area contributed by atoms with Gasteiger partial charge in [-0.25, -0.2) is 0 Å². The van der Waals surface area contributed by atoms with E-state index in [4.69, 9.17) is 4.74 Å². The molecule has 2 saturated heterocycles. The van der Waals surface area contributed by atoms with Crippen molar-refractivity contribution in [3.8, 4) is 10.7 Å². The number of rotatable bonds is 7. The maximum Gasteiger partial charge on any atom is 0.233 e. The first kappa shape index (κ1) is 19.9. The fraction of sp³-hybridized carbons (Fsp3) is 0.632. The van der Waals surface area contributed by atoms with Crippen molar-refractivity contribution in [2.75, 3.05) is 45.1 Å². The lowest BCUT2D eigenvalue weighted by Gasteiger charge is -2.35. The zero-order chi connectivity index (χ0) is 19.3. The summed E-state index contributed by atoms with van der Waals surface area (Å²) in [5.74, 6) is 1.48. The minimum Gasteiger partial charge on any atom is -0.377 e. The zero-order valence-corrected chi connectivity index (χ0v) is 17.9. The number of carbonyl (C=O) groups excluding carboxylic acids is 1. The van der Waals surface area contributed by atoms with E-state index in [0.717, 1.165) is 61.7 Å². The number of thioether (sulfide) groups is 1. The number of thiophene rings is 1. The number of ether oxygens (including phenoxy) is 1. The number of nitrogens with zero attached hydrogens (tertiary/aromatic N) is 5. The number of aromatic nitrogens is 3. The van der Waals surface area contributed by atoms with Gasteiger partial charge in [0, 0.05) is 45.9 Å². The molecule has 0 unspecified atom stereocenters. The third kappa shape index (κ3) is 4.59.